The number of aliphatic hydroxyl groups excluding tert-OH is 2. The van der Waals surface area contributed by atoms with E-state index < -0.39 is 12.1 Å². The third-order valence-corrected chi connectivity index (χ3v) is 15.3. The van der Waals surface area contributed by atoms with Crippen molar-refractivity contribution in [3.63, 3.8) is 0 Å². The van der Waals surface area contributed by atoms with Crippen LogP contribution in [0.5, 0.6) is 0 Å². The monoisotopic (exact) mass is 1000 g/mol. The van der Waals surface area contributed by atoms with Gasteiger partial charge in [-0.25, -0.2) is 0 Å². The summed E-state index contributed by atoms with van der Waals surface area (Å²) in [6.45, 7) is 4.92. The molecule has 2 unspecified atom stereocenters. The lowest BCUT2D eigenvalue weighted by Crippen LogP contribution is -2.45. The Morgan fingerprint density at radius 2 is 0.662 bits per heavy atom. The van der Waals surface area contributed by atoms with Crippen molar-refractivity contribution in [3.8, 4) is 0 Å². The fourth-order valence-corrected chi connectivity index (χ4v) is 10.3. The van der Waals surface area contributed by atoms with Crippen LogP contribution < -0.4 is 5.32 Å². The highest BCUT2D eigenvalue weighted by molar-refractivity contribution is 5.76. The maximum absolute atomic E-state index is 12.5. The Morgan fingerprint density at radius 1 is 0.380 bits per heavy atom. The number of amides is 1. The molecule has 0 saturated heterocycles. The third kappa shape index (κ3) is 57.7. The van der Waals surface area contributed by atoms with Gasteiger partial charge in [-0.15, -0.1) is 0 Å². The number of carbonyl (C=O) groups excluding carboxylic acids is 2. The number of rotatable bonds is 61. The fourth-order valence-electron chi connectivity index (χ4n) is 10.3. The van der Waals surface area contributed by atoms with Gasteiger partial charge in [0.25, 0.3) is 0 Å². The summed E-state index contributed by atoms with van der Waals surface area (Å²) in [6.07, 6.45) is 73.8. The van der Waals surface area contributed by atoms with E-state index in [2.05, 4.69) is 31.3 Å². The first-order valence-corrected chi connectivity index (χ1v) is 32.4. The standard InChI is InChI=1S/C65H127NO5/c1-3-5-7-9-11-13-15-17-19-21-23-24-25-26-27-28-29-30-32-34-37-41-45-49-53-57-63(68)62(61-67)66-64(69)58-54-50-46-42-38-36-40-44-48-52-56-60-71-65(70)59-55-51-47-43-39-35-33-31-22-20-18-16-14-12-10-8-6-4-2/h40,44,62-63,67-68H,3-39,41-43,45-61H2,1-2H3,(H,66,69)/b44-40-. The van der Waals surface area contributed by atoms with Crippen molar-refractivity contribution in [3.05, 3.63) is 12.2 Å². The molecule has 0 aromatic carbocycles. The van der Waals surface area contributed by atoms with Crippen molar-refractivity contribution in [2.24, 2.45) is 0 Å². The molecule has 0 spiro atoms. The van der Waals surface area contributed by atoms with Crippen molar-refractivity contribution in [2.75, 3.05) is 13.2 Å². The van der Waals surface area contributed by atoms with Crippen molar-refractivity contribution in [1.82, 2.24) is 5.32 Å². The van der Waals surface area contributed by atoms with Crippen LogP contribution in [-0.4, -0.2) is 47.4 Å². The van der Waals surface area contributed by atoms with E-state index >= 15 is 0 Å². The smallest absolute Gasteiger partial charge is 0.305 e. The largest absolute Gasteiger partial charge is 0.466 e. The number of nitrogens with one attached hydrogen (secondary N) is 1. The molecule has 3 N–H and O–H groups in total. The summed E-state index contributed by atoms with van der Waals surface area (Å²) in [5.74, 6) is -0.0841. The van der Waals surface area contributed by atoms with Crippen LogP contribution in [0.2, 0.25) is 0 Å². The fraction of sp³-hybridized carbons (Fsp3) is 0.938. The second kappa shape index (κ2) is 61.1. The van der Waals surface area contributed by atoms with Crippen LogP contribution in [0.25, 0.3) is 0 Å². The van der Waals surface area contributed by atoms with E-state index in [-0.39, 0.29) is 18.5 Å². The van der Waals surface area contributed by atoms with Gasteiger partial charge in [0.1, 0.15) is 0 Å². The molecule has 0 radical (unpaired) electrons. The van der Waals surface area contributed by atoms with Crippen molar-refractivity contribution >= 4 is 11.9 Å². The third-order valence-electron chi connectivity index (χ3n) is 15.3. The average Bonchev–Trinajstić information content (AvgIpc) is 3.37. The van der Waals surface area contributed by atoms with E-state index in [1.54, 1.807) is 0 Å². The predicted molar refractivity (Wildman–Crippen MR) is 310 cm³/mol. The first kappa shape index (κ1) is 69.6. The van der Waals surface area contributed by atoms with Gasteiger partial charge < -0.3 is 20.3 Å². The normalized spacial score (nSPS) is 12.6. The van der Waals surface area contributed by atoms with E-state index in [4.69, 9.17) is 4.74 Å². The first-order valence-electron chi connectivity index (χ1n) is 32.4. The quantitative estimate of drug-likeness (QED) is 0.0320. The van der Waals surface area contributed by atoms with Crippen molar-refractivity contribution in [1.29, 1.82) is 0 Å². The van der Waals surface area contributed by atoms with Gasteiger partial charge in [-0.3, -0.25) is 9.59 Å². The Kier molecular flexibility index (Phi) is 59.9. The molecular weight excluding hydrogens is 875 g/mol. The minimum absolute atomic E-state index is 0.0252. The first-order chi connectivity index (χ1) is 35.0. The number of hydrogen-bond acceptors (Lipinski definition) is 5. The Balaban J connectivity index is 3.46. The predicted octanol–water partition coefficient (Wildman–Crippen LogP) is 20.4. The highest BCUT2D eigenvalue weighted by atomic mass is 16.5. The summed E-state index contributed by atoms with van der Waals surface area (Å²) in [5.41, 5.74) is 0. The molecule has 2 atom stereocenters. The molecule has 6 heteroatoms. The van der Waals surface area contributed by atoms with E-state index in [0.717, 1.165) is 77.0 Å². The van der Waals surface area contributed by atoms with Gasteiger partial charge in [0, 0.05) is 12.8 Å². The van der Waals surface area contributed by atoms with E-state index in [1.807, 2.05) is 0 Å². The maximum Gasteiger partial charge on any atom is 0.305 e. The molecule has 0 aromatic rings. The minimum atomic E-state index is -0.683. The van der Waals surface area contributed by atoms with Gasteiger partial charge >= 0.3 is 5.97 Å². The molecular formula is C65H127NO5. The highest BCUT2D eigenvalue weighted by Gasteiger charge is 2.20. The van der Waals surface area contributed by atoms with Gasteiger partial charge in [-0.05, 0) is 51.4 Å². The van der Waals surface area contributed by atoms with Crippen LogP contribution in [-0.2, 0) is 14.3 Å². The molecule has 0 heterocycles. The van der Waals surface area contributed by atoms with Crippen LogP contribution in [0.3, 0.4) is 0 Å². The second-order valence-electron chi connectivity index (χ2n) is 22.5. The zero-order chi connectivity index (χ0) is 51.4. The number of unbranched alkanes of at least 4 members (excludes halogenated alkanes) is 48. The zero-order valence-corrected chi connectivity index (χ0v) is 48.2. The number of esters is 1. The molecule has 0 aliphatic heterocycles. The van der Waals surface area contributed by atoms with Crippen LogP contribution in [0.15, 0.2) is 12.2 Å². The zero-order valence-electron chi connectivity index (χ0n) is 48.2. The van der Waals surface area contributed by atoms with Gasteiger partial charge in [-0.1, -0.05) is 315 Å². The number of hydrogen-bond donors (Lipinski definition) is 3. The molecule has 0 fully saturated rings. The summed E-state index contributed by atoms with van der Waals surface area (Å²) in [4.78, 5) is 24.6. The van der Waals surface area contributed by atoms with E-state index in [0.29, 0.717) is 25.9 Å². The SMILES string of the molecule is CCCCCCCCCCCCCCCCCCCCCCCCCCCC(O)C(CO)NC(=O)CCCCCCC/C=C\CCCCOC(=O)CCCCCCCCCCCCCCCCCCCC. The van der Waals surface area contributed by atoms with Gasteiger partial charge in [0.2, 0.25) is 5.91 Å². The molecule has 1 amide bonds. The Bertz CT molecular complexity index is 1060. The summed E-state index contributed by atoms with van der Waals surface area (Å²) in [7, 11) is 0. The average molecular weight is 1000 g/mol. The molecule has 71 heavy (non-hydrogen) atoms. The molecule has 0 saturated carbocycles. The Hall–Kier alpha value is -1.40. The maximum atomic E-state index is 12.5. The Morgan fingerprint density at radius 3 is 1.00 bits per heavy atom. The molecule has 6 nitrogen and oxygen atoms in total. The molecule has 422 valence electrons. The van der Waals surface area contributed by atoms with Gasteiger partial charge in [0.15, 0.2) is 0 Å². The van der Waals surface area contributed by atoms with Crippen molar-refractivity contribution in [2.45, 2.75) is 379 Å². The Labute approximate surface area is 444 Å². The molecule has 0 rings (SSSR count). The molecule has 0 aliphatic carbocycles. The number of allylic oxidation sites excluding steroid dienone is 2. The summed E-state index contributed by atoms with van der Waals surface area (Å²) >= 11 is 0. The number of ether oxygens (including phenoxy) is 1. The highest BCUT2D eigenvalue weighted by Crippen LogP contribution is 2.19. The van der Waals surface area contributed by atoms with Crippen molar-refractivity contribution < 1.29 is 24.5 Å². The summed E-state index contributed by atoms with van der Waals surface area (Å²) in [6, 6.07) is -0.563. The molecule has 0 bridgehead atoms. The number of aliphatic hydroxyl groups is 2. The summed E-state index contributed by atoms with van der Waals surface area (Å²) in [5, 5.41) is 23.4. The van der Waals surface area contributed by atoms with Crippen LogP contribution in [0, 0.1) is 0 Å². The van der Waals surface area contributed by atoms with Gasteiger partial charge in [-0.2, -0.15) is 0 Å². The molecule has 0 aliphatic rings. The topological polar surface area (TPSA) is 95.9 Å². The van der Waals surface area contributed by atoms with Crippen LogP contribution in [0.4, 0.5) is 0 Å². The lowest BCUT2D eigenvalue weighted by atomic mass is 10.0. The second-order valence-corrected chi connectivity index (χ2v) is 22.5. The van der Waals surface area contributed by atoms with E-state index in [1.165, 1.54) is 257 Å². The van der Waals surface area contributed by atoms with Gasteiger partial charge in [0.05, 0.1) is 25.4 Å². The minimum Gasteiger partial charge on any atom is -0.466 e. The van der Waals surface area contributed by atoms with Crippen LogP contribution >= 0.6 is 0 Å². The van der Waals surface area contributed by atoms with E-state index in [9.17, 15) is 19.8 Å². The van der Waals surface area contributed by atoms with Crippen LogP contribution in [0.1, 0.15) is 367 Å². The number of carbonyl (C=O) groups is 2. The lowest BCUT2D eigenvalue weighted by molar-refractivity contribution is -0.143. The lowest BCUT2D eigenvalue weighted by Gasteiger charge is -2.22. The molecule has 0 aromatic heterocycles. The summed E-state index contributed by atoms with van der Waals surface area (Å²) < 4.78 is 5.47.